The molecule has 0 bridgehead atoms. The third-order valence-corrected chi connectivity index (χ3v) is 7.39. The van der Waals surface area contributed by atoms with Crippen molar-refractivity contribution in [2.24, 2.45) is 0 Å². The molecule has 4 atom stereocenters. The number of hydrogen-bond acceptors (Lipinski definition) is 9. The molecule has 3 heterocycles. The van der Waals surface area contributed by atoms with Crippen molar-refractivity contribution in [3.05, 3.63) is 130 Å². The fourth-order valence-electron chi connectivity index (χ4n) is 4.86. The van der Waals surface area contributed by atoms with Gasteiger partial charge in [0.15, 0.2) is 23.6 Å². The smallest absolute Gasteiger partial charge is 0.338 e. The molecule has 1 aliphatic heterocycles. The van der Waals surface area contributed by atoms with E-state index in [-0.39, 0.29) is 28.0 Å². The Morgan fingerprint density at radius 1 is 0.750 bits per heavy atom. The van der Waals surface area contributed by atoms with E-state index in [4.69, 9.17) is 42.1 Å². The summed E-state index contributed by atoms with van der Waals surface area (Å²) in [5, 5.41) is 0.158. The predicted molar refractivity (Wildman–Crippen MR) is 159 cm³/mol. The molecule has 0 aliphatic carbocycles. The van der Waals surface area contributed by atoms with Crippen molar-refractivity contribution in [2.75, 3.05) is 6.61 Å². The van der Waals surface area contributed by atoms with Gasteiger partial charge < -0.3 is 18.9 Å². The fraction of sp³-hybridized carbons (Fsp3) is 0.156. The maximum atomic E-state index is 13.4. The van der Waals surface area contributed by atoms with E-state index < -0.39 is 42.4 Å². The number of rotatable bonds is 8. The Kier molecular flexibility index (Phi) is 8.56. The molecule has 2 aromatic heterocycles. The SMILES string of the molecule is O=C(OC[C@H]1O[C@@H](n2cnc3cc(Cl)nc(Cl)c32)[C@H](OC(=O)c2ccccc2)[C@@H]1OC(=O)c1ccccc1)c1ccccc1. The number of carbonyl (C=O) groups excluding carboxylic acids is 3. The molecule has 3 aromatic carbocycles. The molecule has 0 radical (unpaired) electrons. The second-order valence-electron chi connectivity index (χ2n) is 9.76. The normalized spacial score (nSPS) is 19.4. The van der Waals surface area contributed by atoms with Gasteiger partial charge in [-0.3, -0.25) is 4.57 Å². The molecule has 6 rings (SSSR count). The van der Waals surface area contributed by atoms with E-state index in [1.54, 1.807) is 91.0 Å². The number of ether oxygens (including phenoxy) is 4. The lowest BCUT2D eigenvalue weighted by atomic mass is 10.1. The highest BCUT2D eigenvalue weighted by Crippen LogP contribution is 2.38. The van der Waals surface area contributed by atoms with Gasteiger partial charge in [-0.15, -0.1) is 0 Å². The number of aromatic nitrogens is 3. The number of fused-ring (bicyclic) bond motifs is 1. The van der Waals surface area contributed by atoms with Crippen molar-refractivity contribution in [1.29, 1.82) is 0 Å². The highest BCUT2D eigenvalue weighted by atomic mass is 35.5. The van der Waals surface area contributed by atoms with Crippen molar-refractivity contribution in [1.82, 2.24) is 14.5 Å². The molecular weight excluding hydrogens is 609 g/mol. The van der Waals surface area contributed by atoms with Crippen LogP contribution < -0.4 is 0 Å². The van der Waals surface area contributed by atoms with E-state index in [2.05, 4.69) is 9.97 Å². The van der Waals surface area contributed by atoms with Crippen LogP contribution in [-0.2, 0) is 18.9 Å². The molecule has 1 fully saturated rings. The van der Waals surface area contributed by atoms with Crippen LogP contribution in [0.1, 0.15) is 37.3 Å². The quantitative estimate of drug-likeness (QED) is 0.116. The minimum Gasteiger partial charge on any atom is -0.459 e. The van der Waals surface area contributed by atoms with E-state index >= 15 is 0 Å². The molecule has 1 saturated heterocycles. The largest absolute Gasteiger partial charge is 0.459 e. The first kappa shape index (κ1) is 29.3. The van der Waals surface area contributed by atoms with Gasteiger partial charge in [-0.2, -0.15) is 0 Å². The number of halogens is 2. The van der Waals surface area contributed by atoms with Gasteiger partial charge in [-0.25, -0.2) is 24.4 Å². The summed E-state index contributed by atoms with van der Waals surface area (Å²) in [7, 11) is 0. The van der Waals surface area contributed by atoms with Gasteiger partial charge in [-0.05, 0) is 36.4 Å². The average Bonchev–Trinajstić information content (AvgIpc) is 3.62. The number of pyridine rings is 1. The van der Waals surface area contributed by atoms with Gasteiger partial charge in [0.25, 0.3) is 0 Å². The zero-order chi connectivity index (χ0) is 30.6. The summed E-state index contributed by atoms with van der Waals surface area (Å²) in [6.45, 7) is -0.333. The summed E-state index contributed by atoms with van der Waals surface area (Å²) < 4.78 is 25.4. The molecular formula is C32H23Cl2N3O7. The number of benzene rings is 3. The lowest BCUT2D eigenvalue weighted by molar-refractivity contribution is -0.0604. The van der Waals surface area contributed by atoms with E-state index in [1.165, 1.54) is 17.0 Å². The highest BCUT2D eigenvalue weighted by molar-refractivity contribution is 6.36. The summed E-state index contributed by atoms with van der Waals surface area (Å²) in [5.74, 6) is -2.00. The molecule has 44 heavy (non-hydrogen) atoms. The van der Waals surface area contributed by atoms with Crippen molar-refractivity contribution in [2.45, 2.75) is 24.5 Å². The summed E-state index contributed by atoms with van der Waals surface area (Å²) in [4.78, 5) is 48.0. The maximum absolute atomic E-state index is 13.4. The molecule has 5 aromatic rings. The molecule has 0 saturated carbocycles. The fourth-order valence-corrected chi connectivity index (χ4v) is 5.38. The maximum Gasteiger partial charge on any atom is 0.338 e. The third-order valence-electron chi connectivity index (χ3n) is 6.93. The molecule has 0 spiro atoms. The molecule has 222 valence electrons. The lowest BCUT2D eigenvalue weighted by Crippen LogP contribution is -2.41. The third kappa shape index (κ3) is 6.14. The van der Waals surface area contributed by atoms with Crippen LogP contribution in [0.3, 0.4) is 0 Å². The van der Waals surface area contributed by atoms with E-state index in [0.717, 1.165) is 0 Å². The number of imidazole rings is 1. The Morgan fingerprint density at radius 3 is 1.84 bits per heavy atom. The van der Waals surface area contributed by atoms with Crippen LogP contribution in [0.5, 0.6) is 0 Å². The Balaban J connectivity index is 1.39. The van der Waals surface area contributed by atoms with Crippen LogP contribution in [0.25, 0.3) is 11.0 Å². The van der Waals surface area contributed by atoms with Gasteiger partial charge in [0.1, 0.15) is 23.4 Å². The molecule has 1 aliphatic rings. The summed E-state index contributed by atoms with van der Waals surface area (Å²) >= 11 is 12.6. The monoisotopic (exact) mass is 631 g/mol. The Morgan fingerprint density at radius 2 is 1.27 bits per heavy atom. The first-order valence-electron chi connectivity index (χ1n) is 13.5. The molecule has 0 amide bonds. The van der Waals surface area contributed by atoms with Gasteiger partial charge in [0.05, 0.1) is 28.5 Å². The summed E-state index contributed by atoms with van der Waals surface area (Å²) in [5.41, 5.74) is 1.60. The second kappa shape index (κ2) is 12.8. The Bertz CT molecular complexity index is 1800. The standard InChI is InChI=1S/C32H23Cl2N3O7/c33-24-16-22-25(28(34)36-24)37(18-35-22)29-27(44-32(40)21-14-8-3-9-15-21)26(43-31(39)20-12-6-2-7-13-20)23(42-29)17-41-30(38)19-10-4-1-5-11-19/h1-16,18,23,26-27,29H,17H2/t23-,26-,27-,29-/m1/s1. The topological polar surface area (TPSA) is 119 Å². The summed E-state index contributed by atoms with van der Waals surface area (Å²) in [6.07, 6.45) is -3.22. The van der Waals surface area contributed by atoms with Crippen LogP contribution in [0.2, 0.25) is 10.3 Å². The first-order chi connectivity index (χ1) is 21.4. The molecule has 12 heteroatoms. The van der Waals surface area contributed by atoms with E-state index in [9.17, 15) is 14.4 Å². The van der Waals surface area contributed by atoms with Crippen molar-refractivity contribution < 1.29 is 33.3 Å². The van der Waals surface area contributed by atoms with Crippen LogP contribution in [0.4, 0.5) is 0 Å². The number of hydrogen-bond donors (Lipinski definition) is 0. The zero-order valence-electron chi connectivity index (χ0n) is 22.8. The van der Waals surface area contributed by atoms with Gasteiger partial charge in [0.2, 0.25) is 0 Å². The van der Waals surface area contributed by atoms with Crippen molar-refractivity contribution in [3.8, 4) is 0 Å². The average molecular weight is 632 g/mol. The van der Waals surface area contributed by atoms with Crippen LogP contribution in [0.15, 0.2) is 103 Å². The Hall–Kier alpha value is -4.77. The van der Waals surface area contributed by atoms with E-state index in [1.807, 2.05) is 0 Å². The minimum absolute atomic E-state index is 0.0264. The molecule has 0 unspecified atom stereocenters. The lowest BCUT2D eigenvalue weighted by Gasteiger charge is -2.25. The number of nitrogens with zero attached hydrogens (tertiary/aromatic N) is 3. The predicted octanol–water partition coefficient (Wildman–Crippen LogP) is 5.94. The molecule has 10 nitrogen and oxygen atoms in total. The van der Waals surface area contributed by atoms with Crippen LogP contribution >= 0.6 is 23.2 Å². The molecule has 0 N–H and O–H groups in total. The van der Waals surface area contributed by atoms with Crippen molar-refractivity contribution in [3.63, 3.8) is 0 Å². The van der Waals surface area contributed by atoms with Crippen LogP contribution in [0, 0.1) is 0 Å². The Labute approximate surface area is 261 Å². The zero-order valence-corrected chi connectivity index (χ0v) is 24.3. The van der Waals surface area contributed by atoms with Crippen molar-refractivity contribution >= 4 is 52.1 Å². The highest BCUT2D eigenvalue weighted by Gasteiger charge is 2.51. The van der Waals surface area contributed by atoms with Gasteiger partial charge >= 0.3 is 17.9 Å². The van der Waals surface area contributed by atoms with E-state index in [0.29, 0.717) is 16.6 Å². The van der Waals surface area contributed by atoms with Crippen LogP contribution in [-0.4, -0.2) is 57.4 Å². The second-order valence-corrected chi connectivity index (χ2v) is 10.5. The minimum atomic E-state index is -1.24. The van der Waals surface area contributed by atoms with Gasteiger partial charge in [0, 0.05) is 6.07 Å². The van der Waals surface area contributed by atoms with Gasteiger partial charge in [-0.1, -0.05) is 77.8 Å². The first-order valence-corrected chi connectivity index (χ1v) is 14.2. The summed E-state index contributed by atoms with van der Waals surface area (Å²) in [6, 6.07) is 26.5. The number of esters is 3. The number of carbonyl (C=O) groups is 3.